The predicted molar refractivity (Wildman–Crippen MR) is 115 cm³/mol. The first-order valence-electron chi connectivity index (χ1n) is 10.4. The lowest BCUT2D eigenvalue weighted by Crippen LogP contribution is -2.49. The minimum atomic E-state index is -3.05. The number of rotatable bonds is 6. The van der Waals surface area contributed by atoms with Crippen LogP contribution in [-0.4, -0.2) is 63.3 Å². The number of thioether (sulfide) groups is 1. The van der Waals surface area contributed by atoms with Crippen LogP contribution in [0.25, 0.3) is 11.4 Å². The molecule has 2 aliphatic rings. The molecule has 2 aromatic rings. The normalized spacial score (nSPS) is 21.7. The van der Waals surface area contributed by atoms with Gasteiger partial charge in [-0.15, -0.1) is 10.2 Å². The summed E-state index contributed by atoms with van der Waals surface area (Å²) >= 11 is 1.35. The summed E-state index contributed by atoms with van der Waals surface area (Å²) in [4.78, 5) is 15.1. The maximum atomic E-state index is 13.3. The highest BCUT2D eigenvalue weighted by Crippen LogP contribution is 2.30. The summed E-state index contributed by atoms with van der Waals surface area (Å²) in [5, 5.41) is 9.16. The molecule has 164 valence electrons. The molecule has 3 heterocycles. The van der Waals surface area contributed by atoms with E-state index in [1.165, 1.54) is 18.2 Å². The first kappa shape index (κ1) is 21.4. The predicted octanol–water partition coefficient (Wildman–Crippen LogP) is 2.82. The van der Waals surface area contributed by atoms with Gasteiger partial charge in [0.1, 0.15) is 5.76 Å². The molecule has 1 amide bonds. The summed E-state index contributed by atoms with van der Waals surface area (Å²) in [7, 11) is -1.18. The zero-order valence-electron chi connectivity index (χ0n) is 17.4. The van der Waals surface area contributed by atoms with E-state index < -0.39 is 9.84 Å². The van der Waals surface area contributed by atoms with Gasteiger partial charge in [0.25, 0.3) is 0 Å². The number of aryl methyl sites for hydroxylation is 1. The number of sulfone groups is 1. The molecule has 0 unspecified atom stereocenters. The van der Waals surface area contributed by atoms with E-state index in [0.29, 0.717) is 17.4 Å². The fourth-order valence-corrected chi connectivity index (χ4v) is 7.04. The SMILES string of the molecule is Cc1occc1-c1nnc(SCC(=O)N(C2CCCCC2)[C@@H]2CCS(=O)(=O)C2)n1C. The van der Waals surface area contributed by atoms with Crippen LogP contribution in [0.4, 0.5) is 0 Å². The average molecular weight is 453 g/mol. The standard InChI is InChI=1S/C20H28N4O4S2/c1-14-17(8-10-28-14)19-21-22-20(23(19)2)29-12-18(25)24(15-6-4-3-5-7-15)16-9-11-30(26,27)13-16/h8,10,15-16H,3-7,9,11-13H2,1-2H3/t16-/m1/s1. The zero-order valence-corrected chi connectivity index (χ0v) is 19.0. The maximum absolute atomic E-state index is 13.3. The van der Waals surface area contributed by atoms with E-state index in [-0.39, 0.29) is 35.2 Å². The van der Waals surface area contributed by atoms with Gasteiger partial charge in [0.05, 0.1) is 29.1 Å². The smallest absolute Gasteiger partial charge is 0.233 e. The molecule has 1 saturated carbocycles. The molecule has 8 nitrogen and oxygen atoms in total. The molecule has 1 saturated heterocycles. The number of amides is 1. The van der Waals surface area contributed by atoms with Gasteiger partial charge in [-0.2, -0.15) is 0 Å². The topological polar surface area (TPSA) is 98.3 Å². The molecule has 30 heavy (non-hydrogen) atoms. The fraction of sp³-hybridized carbons (Fsp3) is 0.650. The summed E-state index contributed by atoms with van der Waals surface area (Å²) in [6, 6.07) is 1.80. The minimum absolute atomic E-state index is 0.00181. The molecular formula is C20H28N4O4S2. The second-order valence-electron chi connectivity index (χ2n) is 8.19. The lowest BCUT2D eigenvalue weighted by atomic mass is 9.93. The molecule has 2 fully saturated rings. The van der Waals surface area contributed by atoms with Crippen molar-refractivity contribution in [2.45, 2.75) is 62.7 Å². The summed E-state index contributed by atoms with van der Waals surface area (Å²) in [5.74, 6) is 1.96. The Morgan fingerprint density at radius 3 is 2.63 bits per heavy atom. The van der Waals surface area contributed by atoms with E-state index in [1.54, 1.807) is 6.26 Å². The van der Waals surface area contributed by atoms with Crippen LogP contribution >= 0.6 is 11.8 Å². The highest BCUT2D eigenvalue weighted by Gasteiger charge is 2.38. The number of hydrogen-bond acceptors (Lipinski definition) is 7. The average Bonchev–Trinajstić information content (AvgIpc) is 3.40. The molecule has 0 radical (unpaired) electrons. The van der Waals surface area contributed by atoms with Gasteiger partial charge < -0.3 is 13.9 Å². The van der Waals surface area contributed by atoms with Crippen molar-refractivity contribution in [3.63, 3.8) is 0 Å². The molecule has 2 aromatic heterocycles. The molecule has 1 atom stereocenters. The zero-order chi connectivity index (χ0) is 21.3. The van der Waals surface area contributed by atoms with Crippen molar-refractivity contribution in [1.29, 1.82) is 0 Å². The molecule has 4 rings (SSSR count). The van der Waals surface area contributed by atoms with Gasteiger partial charge in [-0.1, -0.05) is 31.0 Å². The van der Waals surface area contributed by atoms with Crippen molar-refractivity contribution >= 4 is 27.5 Å². The second-order valence-corrected chi connectivity index (χ2v) is 11.4. The molecule has 0 bridgehead atoms. The van der Waals surface area contributed by atoms with Crippen molar-refractivity contribution in [1.82, 2.24) is 19.7 Å². The lowest BCUT2D eigenvalue weighted by Gasteiger charge is -2.38. The molecule has 1 aliphatic carbocycles. The van der Waals surface area contributed by atoms with Crippen LogP contribution in [0.5, 0.6) is 0 Å². The number of carbonyl (C=O) groups excluding carboxylic acids is 1. The Morgan fingerprint density at radius 2 is 2.00 bits per heavy atom. The lowest BCUT2D eigenvalue weighted by molar-refractivity contribution is -0.133. The third kappa shape index (κ3) is 4.44. The Morgan fingerprint density at radius 1 is 1.23 bits per heavy atom. The Balaban J connectivity index is 1.48. The number of nitrogens with zero attached hydrogens (tertiary/aromatic N) is 4. The molecule has 0 spiro atoms. The Bertz CT molecular complexity index is 1010. The highest BCUT2D eigenvalue weighted by molar-refractivity contribution is 7.99. The van der Waals surface area contributed by atoms with E-state index in [4.69, 9.17) is 4.42 Å². The summed E-state index contributed by atoms with van der Waals surface area (Å²) in [6.45, 7) is 1.87. The monoisotopic (exact) mass is 452 g/mol. The third-order valence-corrected chi connectivity index (χ3v) is 8.87. The Hall–Kier alpha value is -1.81. The van der Waals surface area contributed by atoms with Gasteiger partial charge >= 0.3 is 0 Å². The second kappa shape index (κ2) is 8.74. The largest absolute Gasteiger partial charge is 0.469 e. The minimum Gasteiger partial charge on any atom is -0.469 e. The van der Waals surface area contributed by atoms with Gasteiger partial charge in [0, 0.05) is 19.1 Å². The van der Waals surface area contributed by atoms with Crippen LogP contribution in [0, 0.1) is 6.92 Å². The fourth-order valence-electron chi connectivity index (χ4n) is 4.55. The first-order chi connectivity index (χ1) is 14.4. The summed E-state index contributed by atoms with van der Waals surface area (Å²) in [5.41, 5.74) is 0.878. The molecule has 0 aromatic carbocycles. The number of aromatic nitrogens is 3. The number of carbonyl (C=O) groups is 1. The summed E-state index contributed by atoms with van der Waals surface area (Å²) in [6.07, 6.45) is 7.46. The van der Waals surface area contributed by atoms with Crippen LogP contribution in [0.2, 0.25) is 0 Å². The Labute approximate surface area is 181 Å². The van der Waals surface area contributed by atoms with Crippen LogP contribution in [0.15, 0.2) is 21.9 Å². The van der Waals surface area contributed by atoms with Crippen molar-refractivity contribution in [3.8, 4) is 11.4 Å². The highest BCUT2D eigenvalue weighted by atomic mass is 32.2. The van der Waals surface area contributed by atoms with Gasteiger partial charge in [-0.25, -0.2) is 8.42 Å². The maximum Gasteiger partial charge on any atom is 0.233 e. The van der Waals surface area contributed by atoms with Crippen LogP contribution in [-0.2, 0) is 21.7 Å². The number of furan rings is 1. The molecule has 10 heteroatoms. The van der Waals surface area contributed by atoms with Crippen LogP contribution in [0.1, 0.15) is 44.3 Å². The molecular weight excluding hydrogens is 424 g/mol. The third-order valence-electron chi connectivity index (χ3n) is 6.12. The van der Waals surface area contributed by atoms with Gasteiger partial charge in [0.2, 0.25) is 5.91 Å². The van der Waals surface area contributed by atoms with Crippen molar-refractivity contribution in [2.75, 3.05) is 17.3 Å². The quantitative estimate of drug-likeness (QED) is 0.622. The van der Waals surface area contributed by atoms with E-state index in [9.17, 15) is 13.2 Å². The van der Waals surface area contributed by atoms with Crippen molar-refractivity contribution in [3.05, 3.63) is 18.1 Å². The molecule has 1 aliphatic heterocycles. The Kier molecular flexibility index (Phi) is 6.24. The summed E-state index contributed by atoms with van der Waals surface area (Å²) < 4.78 is 31.3. The van der Waals surface area contributed by atoms with Gasteiger partial charge in [-0.3, -0.25) is 4.79 Å². The van der Waals surface area contributed by atoms with E-state index in [0.717, 1.165) is 37.0 Å². The van der Waals surface area contributed by atoms with Crippen LogP contribution < -0.4 is 0 Å². The van der Waals surface area contributed by atoms with E-state index >= 15 is 0 Å². The van der Waals surface area contributed by atoms with Crippen LogP contribution in [0.3, 0.4) is 0 Å². The van der Waals surface area contributed by atoms with Gasteiger partial charge in [0.15, 0.2) is 20.8 Å². The van der Waals surface area contributed by atoms with Crippen molar-refractivity contribution in [2.24, 2.45) is 7.05 Å². The van der Waals surface area contributed by atoms with Gasteiger partial charge in [-0.05, 0) is 32.3 Å². The van der Waals surface area contributed by atoms with Crippen molar-refractivity contribution < 1.29 is 17.6 Å². The van der Waals surface area contributed by atoms with E-state index in [1.807, 2.05) is 29.5 Å². The number of hydrogen-bond donors (Lipinski definition) is 0. The van der Waals surface area contributed by atoms with E-state index in [2.05, 4.69) is 10.2 Å². The first-order valence-corrected chi connectivity index (χ1v) is 13.2. The molecule has 0 N–H and O–H groups in total.